The Bertz CT molecular complexity index is 870. The van der Waals surface area contributed by atoms with E-state index in [-0.39, 0.29) is 0 Å². The lowest BCUT2D eigenvalue weighted by molar-refractivity contribution is -0.118. The molecule has 0 bridgehead atoms. The quantitative estimate of drug-likeness (QED) is 0.772. The first-order chi connectivity index (χ1) is 11.3. The Hall–Kier alpha value is -2.51. The summed E-state index contributed by atoms with van der Waals surface area (Å²) < 4.78 is 1.92. The summed E-state index contributed by atoms with van der Waals surface area (Å²) >= 11 is 1.42. The molecule has 23 heavy (non-hydrogen) atoms. The number of aliphatic hydroxyl groups is 1. The predicted molar refractivity (Wildman–Crippen MR) is 87.8 cm³/mol. The lowest BCUT2D eigenvalue weighted by Gasteiger charge is -2.13. The van der Waals surface area contributed by atoms with Gasteiger partial charge in [0.05, 0.1) is 28.1 Å². The number of carbonyl (C=O) groups is 1. The van der Waals surface area contributed by atoms with Crippen molar-refractivity contribution in [1.82, 2.24) is 14.8 Å². The lowest BCUT2D eigenvalue weighted by Crippen LogP contribution is -2.15. The molecule has 0 spiro atoms. The second-order valence-electron chi connectivity index (χ2n) is 5.27. The highest BCUT2D eigenvalue weighted by molar-refractivity contribution is 7.19. The molecule has 0 fully saturated rings. The average Bonchev–Trinajstić information content (AvgIpc) is 3.18. The first-order valence-electron chi connectivity index (χ1n) is 7.29. The number of aryl methyl sites for hydroxylation is 2. The van der Waals surface area contributed by atoms with E-state index in [1.54, 1.807) is 0 Å². The summed E-state index contributed by atoms with van der Waals surface area (Å²) in [6.45, 7) is -0.544. The van der Waals surface area contributed by atoms with Crippen molar-refractivity contribution in [2.45, 2.75) is 12.8 Å². The number of para-hydroxylation sites is 1. The van der Waals surface area contributed by atoms with E-state index in [9.17, 15) is 4.79 Å². The van der Waals surface area contributed by atoms with Gasteiger partial charge < -0.3 is 5.11 Å². The van der Waals surface area contributed by atoms with Crippen LogP contribution in [0.15, 0.2) is 36.5 Å². The molecule has 2 aromatic heterocycles. The maximum Gasteiger partial charge on any atom is 0.251 e. The molecule has 0 saturated carbocycles. The highest BCUT2D eigenvalue weighted by atomic mass is 32.1. The highest BCUT2D eigenvalue weighted by Crippen LogP contribution is 2.40. The van der Waals surface area contributed by atoms with Crippen molar-refractivity contribution in [3.05, 3.63) is 47.8 Å². The van der Waals surface area contributed by atoms with Crippen LogP contribution in [0, 0.1) is 0 Å². The molecule has 1 aliphatic carbocycles. The SMILES string of the molecule is O=C(CO)Nc1nc2c(s1)-c1c(cnn1-c1ccccc1)CC2. The Balaban J connectivity index is 1.80. The fourth-order valence-corrected chi connectivity index (χ4v) is 3.84. The maximum atomic E-state index is 11.4. The Labute approximate surface area is 136 Å². The van der Waals surface area contributed by atoms with Crippen molar-refractivity contribution < 1.29 is 9.90 Å². The van der Waals surface area contributed by atoms with Gasteiger partial charge in [-0.3, -0.25) is 10.1 Å². The summed E-state index contributed by atoms with van der Waals surface area (Å²) in [5.41, 5.74) is 4.19. The molecule has 2 N–H and O–H groups in total. The fourth-order valence-electron chi connectivity index (χ4n) is 2.74. The van der Waals surface area contributed by atoms with E-state index >= 15 is 0 Å². The topological polar surface area (TPSA) is 80.0 Å². The number of rotatable bonds is 3. The molecule has 1 aromatic carbocycles. The summed E-state index contributed by atoms with van der Waals surface area (Å²) in [5.74, 6) is -0.451. The van der Waals surface area contributed by atoms with Crippen molar-refractivity contribution in [3.63, 3.8) is 0 Å². The van der Waals surface area contributed by atoms with Crippen LogP contribution in [-0.2, 0) is 17.6 Å². The number of carbonyl (C=O) groups excluding carboxylic acids is 1. The molecule has 0 unspecified atom stereocenters. The van der Waals surface area contributed by atoms with Gasteiger partial charge in [-0.2, -0.15) is 5.10 Å². The minimum atomic E-state index is -0.544. The molecule has 0 aliphatic heterocycles. The zero-order valence-corrected chi connectivity index (χ0v) is 13.0. The summed E-state index contributed by atoms with van der Waals surface area (Å²) in [6, 6.07) is 9.95. The van der Waals surface area contributed by atoms with Crippen LogP contribution in [0.2, 0.25) is 0 Å². The maximum absolute atomic E-state index is 11.4. The molecule has 2 heterocycles. The number of nitrogens with zero attached hydrogens (tertiary/aromatic N) is 3. The Morgan fingerprint density at radius 2 is 2.13 bits per heavy atom. The molecular weight excluding hydrogens is 312 g/mol. The number of hydrogen-bond acceptors (Lipinski definition) is 5. The van der Waals surface area contributed by atoms with E-state index in [0.717, 1.165) is 34.8 Å². The van der Waals surface area contributed by atoms with E-state index < -0.39 is 12.5 Å². The summed E-state index contributed by atoms with van der Waals surface area (Å²) in [7, 11) is 0. The number of benzene rings is 1. The number of fused-ring (bicyclic) bond motifs is 3. The number of amides is 1. The summed E-state index contributed by atoms with van der Waals surface area (Å²) in [5, 5.41) is 16.5. The van der Waals surface area contributed by atoms with Gasteiger partial charge >= 0.3 is 0 Å². The Morgan fingerprint density at radius 1 is 1.30 bits per heavy atom. The van der Waals surface area contributed by atoms with Gasteiger partial charge in [-0.15, -0.1) is 0 Å². The monoisotopic (exact) mass is 326 g/mol. The minimum absolute atomic E-state index is 0.451. The Morgan fingerprint density at radius 3 is 2.91 bits per heavy atom. The molecule has 0 saturated heterocycles. The molecule has 4 rings (SSSR count). The number of thiazole rings is 1. The standard InChI is InChI=1S/C16H14N4O2S/c21-9-13(22)19-16-18-12-7-6-10-8-17-20(14(10)15(12)23-16)11-4-2-1-3-5-11/h1-5,8,21H,6-7,9H2,(H,18,19,22). The fraction of sp³-hybridized carbons (Fsp3) is 0.188. The minimum Gasteiger partial charge on any atom is -0.387 e. The molecule has 3 aromatic rings. The van der Waals surface area contributed by atoms with Crippen LogP contribution < -0.4 is 5.32 Å². The van der Waals surface area contributed by atoms with Crippen molar-refractivity contribution in [2.75, 3.05) is 11.9 Å². The normalized spacial score (nSPS) is 12.6. The van der Waals surface area contributed by atoms with Crippen molar-refractivity contribution in [1.29, 1.82) is 0 Å². The lowest BCUT2D eigenvalue weighted by atomic mass is 10.0. The Kier molecular flexibility index (Phi) is 3.44. The van der Waals surface area contributed by atoms with Gasteiger partial charge in [0, 0.05) is 0 Å². The van der Waals surface area contributed by atoms with Crippen molar-refractivity contribution in [3.8, 4) is 16.3 Å². The first-order valence-corrected chi connectivity index (χ1v) is 8.11. The molecular formula is C16H14N4O2S. The second-order valence-corrected chi connectivity index (χ2v) is 6.27. The predicted octanol–water partition coefficient (Wildman–Crippen LogP) is 2.03. The van der Waals surface area contributed by atoms with E-state index in [1.165, 1.54) is 16.9 Å². The van der Waals surface area contributed by atoms with Gasteiger partial charge in [-0.05, 0) is 30.5 Å². The van der Waals surface area contributed by atoms with Crippen LogP contribution in [0.4, 0.5) is 5.13 Å². The van der Waals surface area contributed by atoms with Gasteiger partial charge in [-0.25, -0.2) is 9.67 Å². The van der Waals surface area contributed by atoms with Gasteiger partial charge in [0.1, 0.15) is 6.61 Å². The van der Waals surface area contributed by atoms with Crippen LogP contribution in [0.5, 0.6) is 0 Å². The number of hydrogen-bond donors (Lipinski definition) is 2. The van der Waals surface area contributed by atoms with Gasteiger partial charge in [-0.1, -0.05) is 29.5 Å². The molecule has 0 radical (unpaired) electrons. The zero-order chi connectivity index (χ0) is 15.8. The molecule has 1 aliphatic rings. The highest BCUT2D eigenvalue weighted by Gasteiger charge is 2.26. The van der Waals surface area contributed by atoms with Gasteiger partial charge in [0.25, 0.3) is 5.91 Å². The van der Waals surface area contributed by atoms with Crippen molar-refractivity contribution in [2.24, 2.45) is 0 Å². The largest absolute Gasteiger partial charge is 0.387 e. The van der Waals surface area contributed by atoms with E-state index in [0.29, 0.717) is 5.13 Å². The van der Waals surface area contributed by atoms with E-state index in [1.807, 2.05) is 41.2 Å². The van der Waals surface area contributed by atoms with Crippen LogP contribution in [0.25, 0.3) is 16.3 Å². The summed E-state index contributed by atoms with van der Waals surface area (Å²) in [4.78, 5) is 16.9. The number of aromatic nitrogens is 3. The number of anilines is 1. The van der Waals surface area contributed by atoms with Crippen LogP contribution >= 0.6 is 11.3 Å². The van der Waals surface area contributed by atoms with Crippen LogP contribution in [-0.4, -0.2) is 32.4 Å². The molecule has 7 heteroatoms. The smallest absolute Gasteiger partial charge is 0.251 e. The first kappa shape index (κ1) is 14.1. The van der Waals surface area contributed by atoms with Gasteiger partial charge in [0.15, 0.2) is 5.13 Å². The van der Waals surface area contributed by atoms with Gasteiger partial charge in [0.2, 0.25) is 0 Å². The second kappa shape index (κ2) is 5.60. The molecule has 1 amide bonds. The molecule has 0 atom stereocenters. The molecule has 116 valence electrons. The zero-order valence-electron chi connectivity index (χ0n) is 12.2. The van der Waals surface area contributed by atoms with E-state index in [4.69, 9.17) is 5.11 Å². The molecule has 6 nitrogen and oxygen atoms in total. The average molecular weight is 326 g/mol. The van der Waals surface area contributed by atoms with E-state index in [2.05, 4.69) is 15.4 Å². The third kappa shape index (κ3) is 2.43. The summed E-state index contributed by atoms with van der Waals surface area (Å²) in [6.07, 6.45) is 3.61. The van der Waals surface area contributed by atoms with Crippen molar-refractivity contribution >= 4 is 22.4 Å². The van der Waals surface area contributed by atoms with Crippen LogP contribution in [0.3, 0.4) is 0 Å². The number of nitrogens with one attached hydrogen (secondary N) is 1. The third-order valence-corrected chi connectivity index (χ3v) is 4.80. The van der Waals surface area contributed by atoms with Crippen LogP contribution in [0.1, 0.15) is 11.3 Å². The number of aliphatic hydroxyl groups excluding tert-OH is 1. The third-order valence-electron chi connectivity index (χ3n) is 3.78.